The lowest BCUT2D eigenvalue weighted by Gasteiger charge is -2.20. The molecule has 1 aliphatic heterocycles. The number of hydrogen-bond donors (Lipinski definition) is 0. The Labute approximate surface area is 73.9 Å². The van der Waals surface area contributed by atoms with Crippen molar-refractivity contribution >= 4 is 5.78 Å². The lowest BCUT2D eigenvalue weighted by atomic mass is 10.0. The molecule has 1 heterocycles. The van der Waals surface area contributed by atoms with Crippen molar-refractivity contribution in [2.75, 3.05) is 19.6 Å². The fraction of sp³-hybridized carbons (Fsp3) is 0.900. The minimum Gasteiger partial charge on any atom is -0.298 e. The van der Waals surface area contributed by atoms with Crippen molar-refractivity contribution in [2.45, 2.75) is 32.6 Å². The first-order chi connectivity index (χ1) is 5.74. The Morgan fingerprint density at radius 2 is 2.25 bits per heavy atom. The number of rotatable bonds is 3. The van der Waals surface area contributed by atoms with Gasteiger partial charge in [0.05, 0.1) is 6.54 Å². The first kappa shape index (κ1) is 8.24. The van der Waals surface area contributed by atoms with Crippen LogP contribution in [0.2, 0.25) is 0 Å². The second-order valence-electron chi connectivity index (χ2n) is 4.35. The van der Waals surface area contributed by atoms with Gasteiger partial charge in [-0.05, 0) is 24.7 Å². The number of carbonyl (C=O) groups excluding carboxylic acids is 1. The molecule has 2 heteroatoms. The minimum atomic E-state index is 0.432. The summed E-state index contributed by atoms with van der Waals surface area (Å²) in [5.41, 5.74) is 0.616. The maximum absolute atomic E-state index is 11.0. The third kappa shape index (κ3) is 1.53. The molecule has 0 atom stereocenters. The molecular formula is C10H17NO. The van der Waals surface area contributed by atoms with Gasteiger partial charge in [0.15, 0.2) is 0 Å². The van der Waals surface area contributed by atoms with Gasteiger partial charge in [-0.15, -0.1) is 0 Å². The van der Waals surface area contributed by atoms with Crippen LogP contribution in [0.25, 0.3) is 0 Å². The Morgan fingerprint density at radius 1 is 1.50 bits per heavy atom. The smallest absolute Gasteiger partial charge is 0.148 e. The average Bonchev–Trinajstić information content (AvgIpc) is 2.71. The second kappa shape index (κ2) is 2.84. The maximum Gasteiger partial charge on any atom is 0.148 e. The van der Waals surface area contributed by atoms with Gasteiger partial charge >= 0.3 is 0 Å². The zero-order valence-electron chi connectivity index (χ0n) is 7.81. The molecule has 0 aromatic rings. The molecule has 68 valence electrons. The van der Waals surface area contributed by atoms with Gasteiger partial charge in [0, 0.05) is 19.5 Å². The van der Waals surface area contributed by atoms with Crippen molar-refractivity contribution < 1.29 is 4.79 Å². The summed E-state index contributed by atoms with van der Waals surface area (Å²) in [4.78, 5) is 13.3. The van der Waals surface area contributed by atoms with Crippen molar-refractivity contribution in [1.82, 2.24) is 4.90 Å². The van der Waals surface area contributed by atoms with Gasteiger partial charge in [-0.1, -0.05) is 6.92 Å². The number of likely N-dealkylation sites (tertiary alicyclic amines) is 1. The molecule has 0 aromatic heterocycles. The monoisotopic (exact) mass is 167 g/mol. The molecule has 2 nitrogen and oxygen atoms in total. The number of hydrogen-bond acceptors (Lipinski definition) is 2. The minimum absolute atomic E-state index is 0.432. The Hall–Kier alpha value is -0.370. The first-order valence-corrected chi connectivity index (χ1v) is 4.98. The molecule has 12 heavy (non-hydrogen) atoms. The molecule has 0 aromatic carbocycles. The quantitative estimate of drug-likeness (QED) is 0.634. The van der Waals surface area contributed by atoms with Crippen LogP contribution in [-0.4, -0.2) is 30.3 Å². The number of nitrogens with zero attached hydrogens (tertiary/aromatic N) is 1. The van der Waals surface area contributed by atoms with Gasteiger partial charge in [-0.25, -0.2) is 0 Å². The van der Waals surface area contributed by atoms with Gasteiger partial charge in [0.2, 0.25) is 0 Å². The molecule has 2 fully saturated rings. The molecule has 0 unspecified atom stereocenters. The van der Waals surface area contributed by atoms with Gasteiger partial charge in [0.1, 0.15) is 5.78 Å². The number of Topliss-reactive ketones (excluding diaryl/α,β-unsaturated/α-hetero) is 1. The molecule has 0 N–H and O–H groups in total. The van der Waals surface area contributed by atoms with E-state index in [9.17, 15) is 4.79 Å². The predicted octanol–water partition coefficient (Wildman–Crippen LogP) is 1.45. The van der Waals surface area contributed by atoms with E-state index in [0.29, 0.717) is 11.2 Å². The lowest BCUT2D eigenvalue weighted by molar-refractivity contribution is -0.116. The first-order valence-electron chi connectivity index (χ1n) is 4.98. The Balaban J connectivity index is 1.83. The van der Waals surface area contributed by atoms with Gasteiger partial charge in [-0.3, -0.25) is 9.69 Å². The summed E-state index contributed by atoms with van der Waals surface area (Å²) in [5.74, 6) is 0.432. The van der Waals surface area contributed by atoms with Crippen molar-refractivity contribution in [3.05, 3.63) is 0 Å². The molecule has 0 spiro atoms. The molecule has 0 amide bonds. The van der Waals surface area contributed by atoms with E-state index in [1.165, 1.54) is 25.8 Å². The Morgan fingerprint density at radius 3 is 2.67 bits per heavy atom. The van der Waals surface area contributed by atoms with Crippen LogP contribution < -0.4 is 0 Å². The van der Waals surface area contributed by atoms with E-state index >= 15 is 0 Å². The highest BCUT2D eigenvalue weighted by molar-refractivity contribution is 5.82. The molecule has 1 aliphatic carbocycles. The van der Waals surface area contributed by atoms with Crippen LogP contribution in [0.3, 0.4) is 0 Å². The highest BCUT2D eigenvalue weighted by Gasteiger charge is 2.42. The molecule has 1 saturated carbocycles. The maximum atomic E-state index is 11.0. The van der Waals surface area contributed by atoms with Crippen LogP contribution in [0, 0.1) is 5.41 Å². The van der Waals surface area contributed by atoms with Crippen molar-refractivity contribution in [3.8, 4) is 0 Å². The lowest BCUT2D eigenvalue weighted by Crippen LogP contribution is -2.28. The van der Waals surface area contributed by atoms with Gasteiger partial charge < -0.3 is 0 Å². The van der Waals surface area contributed by atoms with Crippen LogP contribution >= 0.6 is 0 Å². The summed E-state index contributed by atoms with van der Waals surface area (Å²) >= 11 is 0. The van der Waals surface area contributed by atoms with E-state index in [-0.39, 0.29) is 0 Å². The van der Waals surface area contributed by atoms with E-state index in [0.717, 1.165) is 19.5 Å². The number of carbonyl (C=O) groups is 1. The third-order valence-corrected chi connectivity index (χ3v) is 3.37. The summed E-state index contributed by atoms with van der Waals surface area (Å²) in [6.45, 7) is 5.18. The second-order valence-corrected chi connectivity index (χ2v) is 4.35. The molecule has 0 bridgehead atoms. The van der Waals surface area contributed by atoms with Gasteiger partial charge in [-0.2, -0.15) is 0 Å². The van der Waals surface area contributed by atoms with E-state index < -0.39 is 0 Å². The highest BCUT2D eigenvalue weighted by Crippen LogP contribution is 2.49. The molecule has 2 aliphatic rings. The summed E-state index contributed by atoms with van der Waals surface area (Å²) in [7, 11) is 0. The van der Waals surface area contributed by atoms with Crippen molar-refractivity contribution in [1.29, 1.82) is 0 Å². The van der Waals surface area contributed by atoms with Crippen LogP contribution in [0.5, 0.6) is 0 Å². The highest BCUT2D eigenvalue weighted by atomic mass is 16.1. The summed E-state index contributed by atoms with van der Waals surface area (Å²) in [6.07, 6.45) is 4.85. The van der Waals surface area contributed by atoms with E-state index in [1.807, 2.05) is 0 Å². The normalized spacial score (nSPS) is 27.9. The zero-order chi connectivity index (χ0) is 8.60. The fourth-order valence-electron chi connectivity index (χ4n) is 2.10. The zero-order valence-corrected chi connectivity index (χ0v) is 7.81. The summed E-state index contributed by atoms with van der Waals surface area (Å²) in [6, 6.07) is 0. The average molecular weight is 167 g/mol. The SMILES string of the molecule is CCC1(CN2CCC(=O)C2)CC1. The van der Waals surface area contributed by atoms with Crippen molar-refractivity contribution in [2.24, 2.45) is 5.41 Å². The molecule has 1 saturated heterocycles. The molecule has 2 rings (SSSR count). The van der Waals surface area contributed by atoms with E-state index in [4.69, 9.17) is 0 Å². The van der Waals surface area contributed by atoms with E-state index in [2.05, 4.69) is 11.8 Å². The molecular weight excluding hydrogens is 150 g/mol. The van der Waals surface area contributed by atoms with E-state index in [1.54, 1.807) is 0 Å². The summed E-state index contributed by atoms with van der Waals surface area (Å²) in [5, 5.41) is 0. The number of ketones is 1. The third-order valence-electron chi connectivity index (χ3n) is 3.37. The van der Waals surface area contributed by atoms with Crippen LogP contribution in [-0.2, 0) is 4.79 Å². The molecule has 0 radical (unpaired) electrons. The summed E-state index contributed by atoms with van der Waals surface area (Å²) < 4.78 is 0. The topological polar surface area (TPSA) is 20.3 Å². The van der Waals surface area contributed by atoms with Crippen molar-refractivity contribution in [3.63, 3.8) is 0 Å². The van der Waals surface area contributed by atoms with Crippen LogP contribution in [0.15, 0.2) is 0 Å². The Bertz CT molecular complexity index is 196. The predicted molar refractivity (Wildman–Crippen MR) is 48.0 cm³/mol. The van der Waals surface area contributed by atoms with Crippen LogP contribution in [0.1, 0.15) is 32.6 Å². The Kier molecular flexibility index (Phi) is 1.95. The fourth-order valence-corrected chi connectivity index (χ4v) is 2.10. The largest absolute Gasteiger partial charge is 0.298 e. The van der Waals surface area contributed by atoms with Gasteiger partial charge in [0.25, 0.3) is 0 Å². The van der Waals surface area contributed by atoms with Crippen LogP contribution in [0.4, 0.5) is 0 Å². The standard InChI is InChI=1S/C10H17NO/c1-2-10(4-5-10)8-11-6-3-9(12)7-11/h2-8H2,1H3.